The molecule has 31 heavy (non-hydrogen) atoms. The van der Waals surface area contributed by atoms with Gasteiger partial charge in [0, 0.05) is 30.9 Å². The van der Waals surface area contributed by atoms with Gasteiger partial charge in [0.1, 0.15) is 5.75 Å². The highest BCUT2D eigenvalue weighted by Crippen LogP contribution is 2.14. The van der Waals surface area contributed by atoms with Crippen LogP contribution in [-0.2, 0) is 16.1 Å². The van der Waals surface area contributed by atoms with Crippen molar-refractivity contribution in [2.75, 3.05) is 44.8 Å². The number of unbranched alkanes of at least 4 members (excludes halogenated alkanes) is 1. The molecule has 0 bridgehead atoms. The van der Waals surface area contributed by atoms with Gasteiger partial charge in [-0.2, -0.15) is 0 Å². The van der Waals surface area contributed by atoms with Gasteiger partial charge in [-0.3, -0.25) is 14.5 Å². The Labute approximate surface area is 183 Å². The molecule has 166 valence electrons. The molecule has 1 aliphatic heterocycles. The van der Waals surface area contributed by atoms with Crippen LogP contribution >= 0.6 is 0 Å². The number of benzene rings is 2. The smallest absolute Gasteiger partial charge is 0.251 e. The van der Waals surface area contributed by atoms with Crippen molar-refractivity contribution in [1.29, 1.82) is 0 Å². The second-order valence-electron chi connectivity index (χ2n) is 7.55. The number of ether oxygens (including phenoxy) is 2. The minimum absolute atomic E-state index is 0.0960. The summed E-state index contributed by atoms with van der Waals surface area (Å²) in [5.41, 5.74) is 2.34. The maximum absolute atomic E-state index is 12.3. The summed E-state index contributed by atoms with van der Waals surface area (Å²) >= 11 is 0. The Balaban J connectivity index is 1.44. The quantitative estimate of drug-likeness (QED) is 0.572. The Morgan fingerprint density at radius 3 is 2.61 bits per heavy atom. The average molecular weight is 426 g/mol. The molecule has 1 aliphatic rings. The highest BCUT2D eigenvalue weighted by molar-refractivity contribution is 5.99. The molecule has 0 aromatic heterocycles. The van der Waals surface area contributed by atoms with Crippen LogP contribution in [0.15, 0.2) is 48.5 Å². The second-order valence-corrected chi connectivity index (χ2v) is 7.55. The number of hydrogen-bond donors (Lipinski definition) is 2. The summed E-state index contributed by atoms with van der Waals surface area (Å²) in [5, 5.41) is 5.50. The fourth-order valence-electron chi connectivity index (χ4n) is 3.27. The first-order valence-electron chi connectivity index (χ1n) is 10.8. The highest BCUT2D eigenvalue weighted by atomic mass is 16.5. The van der Waals surface area contributed by atoms with Gasteiger partial charge in [0.05, 0.1) is 26.4 Å². The minimum Gasteiger partial charge on any atom is -0.494 e. The number of anilines is 1. The van der Waals surface area contributed by atoms with Crippen molar-refractivity contribution in [2.45, 2.75) is 26.3 Å². The molecule has 0 unspecified atom stereocenters. The van der Waals surface area contributed by atoms with Crippen LogP contribution in [0.1, 0.15) is 35.7 Å². The summed E-state index contributed by atoms with van der Waals surface area (Å²) in [6, 6.07) is 14.7. The Morgan fingerprint density at radius 2 is 1.87 bits per heavy atom. The van der Waals surface area contributed by atoms with E-state index in [0.29, 0.717) is 12.2 Å². The number of nitrogens with one attached hydrogen (secondary N) is 2. The summed E-state index contributed by atoms with van der Waals surface area (Å²) in [4.78, 5) is 26.9. The maximum atomic E-state index is 12.3. The number of rotatable bonds is 10. The summed E-state index contributed by atoms with van der Waals surface area (Å²) in [6.45, 7) is 6.83. The average Bonchev–Trinajstić information content (AvgIpc) is 2.79. The molecule has 0 radical (unpaired) electrons. The topological polar surface area (TPSA) is 79.9 Å². The van der Waals surface area contributed by atoms with E-state index in [1.165, 1.54) is 0 Å². The second kappa shape index (κ2) is 12.1. The fraction of sp³-hybridized carbons (Fsp3) is 0.417. The molecular weight excluding hydrogens is 394 g/mol. The third-order valence-electron chi connectivity index (χ3n) is 5.01. The molecule has 2 aromatic carbocycles. The van der Waals surface area contributed by atoms with Crippen LogP contribution in [-0.4, -0.2) is 56.2 Å². The van der Waals surface area contributed by atoms with E-state index >= 15 is 0 Å². The molecule has 0 atom stereocenters. The fourth-order valence-corrected chi connectivity index (χ4v) is 3.27. The summed E-state index contributed by atoms with van der Waals surface area (Å²) in [5.74, 6) is 0.174. The lowest BCUT2D eigenvalue weighted by Crippen LogP contribution is -2.35. The molecule has 1 saturated heterocycles. The minimum atomic E-state index is -0.295. The van der Waals surface area contributed by atoms with Crippen LogP contribution in [0.2, 0.25) is 0 Å². The molecule has 7 nitrogen and oxygen atoms in total. The normalized spacial score (nSPS) is 14.1. The number of nitrogens with zero attached hydrogens (tertiary/aromatic N) is 1. The molecule has 2 N–H and O–H groups in total. The lowest BCUT2D eigenvalue weighted by Gasteiger charge is -2.26. The van der Waals surface area contributed by atoms with Gasteiger partial charge in [-0.15, -0.1) is 0 Å². The zero-order valence-electron chi connectivity index (χ0n) is 18.1. The summed E-state index contributed by atoms with van der Waals surface area (Å²) < 4.78 is 11.0. The van der Waals surface area contributed by atoms with E-state index in [1.54, 1.807) is 24.3 Å². The molecule has 1 heterocycles. The van der Waals surface area contributed by atoms with Gasteiger partial charge >= 0.3 is 0 Å². The number of morpholine rings is 1. The third kappa shape index (κ3) is 7.70. The predicted molar refractivity (Wildman–Crippen MR) is 120 cm³/mol. The van der Waals surface area contributed by atoms with Gasteiger partial charge in [0.25, 0.3) is 5.91 Å². The number of amides is 2. The van der Waals surface area contributed by atoms with Gasteiger partial charge in [0.15, 0.2) is 0 Å². The van der Waals surface area contributed by atoms with Crippen LogP contribution < -0.4 is 15.4 Å². The molecule has 2 amide bonds. The zero-order chi connectivity index (χ0) is 21.9. The first-order valence-corrected chi connectivity index (χ1v) is 10.8. The van der Waals surface area contributed by atoms with Crippen molar-refractivity contribution in [3.05, 3.63) is 59.7 Å². The van der Waals surface area contributed by atoms with Crippen LogP contribution in [0.5, 0.6) is 5.75 Å². The molecule has 0 spiro atoms. The third-order valence-corrected chi connectivity index (χ3v) is 5.01. The number of carbonyl (C=O) groups is 2. The first kappa shape index (κ1) is 22.8. The van der Waals surface area contributed by atoms with E-state index in [9.17, 15) is 9.59 Å². The van der Waals surface area contributed by atoms with Crippen LogP contribution in [0.3, 0.4) is 0 Å². The molecule has 0 aliphatic carbocycles. The van der Waals surface area contributed by atoms with Gasteiger partial charge in [-0.05, 0) is 48.4 Å². The monoisotopic (exact) mass is 425 g/mol. The molecule has 0 saturated carbocycles. The van der Waals surface area contributed by atoms with Crippen LogP contribution in [0.25, 0.3) is 0 Å². The van der Waals surface area contributed by atoms with Crippen LogP contribution in [0.4, 0.5) is 5.69 Å². The van der Waals surface area contributed by atoms with E-state index in [-0.39, 0.29) is 18.4 Å². The van der Waals surface area contributed by atoms with E-state index in [1.807, 2.05) is 24.3 Å². The summed E-state index contributed by atoms with van der Waals surface area (Å²) in [6.07, 6.45) is 2.06. The predicted octanol–water partition coefficient (Wildman–Crippen LogP) is 3.07. The summed E-state index contributed by atoms with van der Waals surface area (Å²) in [7, 11) is 0. The van der Waals surface area contributed by atoms with Gasteiger partial charge in [-0.1, -0.05) is 25.5 Å². The Morgan fingerprint density at radius 1 is 1.10 bits per heavy atom. The molecule has 1 fully saturated rings. The highest BCUT2D eigenvalue weighted by Gasteiger charge is 2.12. The van der Waals surface area contributed by atoms with E-state index < -0.39 is 0 Å². The lowest BCUT2D eigenvalue weighted by molar-refractivity contribution is -0.115. The largest absolute Gasteiger partial charge is 0.494 e. The molecule has 3 rings (SSSR count). The van der Waals surface area contributed by atoms with Crippen molar-refractivity contribution in [3.63, 3.8) is 0 Å². The number of carbonyl (C=O) groups excluding carboxylic acids is 2. The van der Waals surface area contributed by atoms with E-state index in [0.717, 1.165) is 62.7 Å². The Kier molecular flexibility index (Phi) is 8.87. The molecular formula is C24H31N3O4. The van der Waals surface area contributed by atoms with Gasteiger partial charge in [0.2, 0.25) is 5.91 Å². The van der Waals surface area contributed by atoms with Gasteiger partial charge in [-0.25, -0.2) is 0 Å². The van der Waals surface area contributed by atoms with Crippen molar-refractivity contribution in [2.24, 2.45) is 0 Å². The van der Waals surface area contributed by atoms with E-state index in [4.69, 9.17) is 9.47 Å². The van der Waals surface area contributed by atoms with Gasteiger partial charge < -0.3 is 20.1 Å². The maximum Gasteiger partial charge on any atom is 0.251 e. The SMILES string of the molecule is CCCCOc1ccc(C(=O)NCC(=O)Nc2cccc(CN3CCOCC3)c2)cc1. The van der Waals surface area contributed by atoms with Crippen molar-refractivity contribution in [3.8, 4) is 5.75 Å². The lowest BCUT2D eigenvalue weighted by atomic mass is 10.2. The Hall–Kier alpha value is -2.90. The van der Waals surface area contributed by atoms with Crippen molar-refractivity contribution >= 4 is 17.5 Å². The number of hydrogen-bond acceptors (Lipinski definition) is 5. The molecule has 2 aromatic rings. The van der Waals surface area contributed by atoms with Crippen molar-refractivity contribution in [1.82, 2.24) is 10.2 Å². The standard InChI is InChI=1S/C24H31N3O4/c1-2-3-13-31-22-9-7-20(8-10-22)24(29)25-17-23(28)26-21-6-4-5-19(16-21)18-27-11-14-30-15-12-27/h4-10,16H,2-3,11-15,17-18H2,1H3,(H,25,29)(H,26,28). The zero-order valence-corrected chi connectivity index (χ0v) is 18.1. The van der Waals surface area contributed by atoms with Crippen LogP contribution in [0, 0.1) is 0 Å². The molecule has 7 heteroatoms. The Bertz CT molecular complexity index is 848. The first-order chi connectivity index (χ1) is 15.1. The van der Waals surface area contributed by atoms with Crippen molar-refractivity contribution < 1.29 is 19.1 Å². The van der Waals surface area contributed by atoms with E-state index in [2.05, 4.69) is 22.5 Å².